The van der Waals surface area contributed by atoms with Gasteiger partial charge in [0.25, 0.3) is 0 Å². The highest BCUT2D eigenvalue weighted by atomic mass is 79.9. The normalized spacial score (nSPS) is 13.3. The van der Waals surface area contributed by atoms with Crippen molar-refractivity contribution in [2.24, 2.45) is 11.1 Å². The van der Waals surface area contributed by atoms with Gasteiger partial charge in [-0.1, -0.05) is 13.0 Å². The average molecular weight is 336 g/mol. The fourth-order valence-electron chi connectivity index (χ4n) is 1.54. The SMILES string of the molecule is CCC(COc1ccc(C)cc1Br)CS(N)(=O)=O. The van der Waals surface area contributed by atoms with Crippen LogP contribution in [0.5, 0.6) is 5.75 Å². The van der Waals surface area contributed by atoms with Crippen LogP contribution in [0.25, 0.3) is 0 Å². The Morgan fingerprint density at radius 1 is 1.44 bits per heavy atom. The van der Waals surface area contributed by atoms with Crippen LogP contribution >= 0.6 is 15.9 Å². The van der Waals surface area contributed by atoms with Crippen molar-refractivity contribution in [2.75, 3.05) is 12.4 Å². The molecule has 0 heterocycles. The van der Waals surface area contributed by atoms with Gasteiger partial charge in [0.2, 0.25) is 10.0 Å². The van der Waals surface area contributed by atoms with E-state index in [4.69, 9.17) is 9.88 Å². The van der Waals surface area contributed by atoms with E-state index in [1.165, 1.54) is 0 Å². The summed E-state index contributed by atoms with van der Waals surface area (Å²) in [5.74, 6) is 0.578. The predicted molar refractivity (Wildman–Crippen MR) is 76.1 cm³/mol. The Bertz CT molecular complexity index is 502. The molecule has 0 spiro atoms. The molecule has 1 rings (SSSR count). The zero-order valence-electron chi connectivity index (χ0n) is 10.5. The molecule has 0 aliphatic rings. The fourth-order valence-corrected chi connectivity index (χ4v) is 3.14. The van der Waals surface area contributed by atoms with Crippen molar-refractivity contribution in [1.29, 1.82) is 0 Å². The Hall–Kier alpha value is -0.590. The van der Waals surface area contributed by atoms with E-state index in [-0.39, 0.29) is 11.7 Å². The van der Waals surface area contributed by atoms with E-state index in [0.717, 1.165) is 10.0 Å². The van der Waals surface area contributed by atoms with Crippen molar-refractivity contribution in [1.82, 2.24) is 0 Å². The van der Waals surface area contributed by atoms with Crippen molar-refractivity contribution >= 4 is 26.0 Å². The van der Waals surface area contributed by atoms with Crippen LogP contribution < -0.4 is 9.88 Å². The molecule has 1 unspecified atom stereocenters. The van der Waals surface area contributed by atoms with E-state index in [1.807, 2.05) is 32.0 Å². The lowest BCUT2D eigenvalue weighted by Gasteiger charge is -2.15. The monoisotopic (exact) mass is 335 g/mol. The van der Waals surface area contributed by atoms with Crippen LogP contribution in [0.4, 0.5) is 0 Å². The van der Waals surface area contributed by atoms with Gasteiger partial charge in [0.15, 0.2) is 0 Å². The standard InChI is InChI=1S/C12H18BrNO3S/c1-3-10(8-18(14,15)16)7-17-12-5-4-9(2)6-11(12)13/h4-6,10H,3,7-8H2,1-2H3,(H2,14,15,16). The molecule has 0 fully saturated rings. The summed E-state index contributed by atoms with van der Waals surface area (Å²) in [6.45, 7) is 4.25. The van der Waals surface area contributed by atoms with E-state index in [1.54, 1.807) is 0 Å². The second-order valence-corrected chi connectivity index (χ2v) is 6.86. The van der Waals surface area contributed by atoms with Gasteiger partial charge in [-0.25, -0.2) is 13.6 Å². The predicted octanol–water partition coefficient (Wildman–Crippen LogP) is 2.45. The third-order valence-corrected chi connectivity index (χ3v) is 4.16. The molecule has 2 N–H and O–H groups in total. The number of rotatable bonds is 6. The molecule has 1 aromatic carbocycles. The lowest BCUT2D eigenvalue weighted by Crippen LogP contribution is -2.26. The van der Waals surface area contributed by atoms with Crippen molar-refractivity contribution < 1.29 is 13.2 Å². The highest BCUT2D eigenvalue weighted by Crippen LogP contribution is 2.26. The molecular formula is C12H18BrNO3S. The lowest BCUT2D eigenvalue weighted by molar-refractivity contribution is 0.256. The van der Waals surface area contributed by atoms with E-state index < -0.39 is 10.0 Å². The zero-order valence-corrected chi connectivity index (χ0v) is 12.9. The Kier molecular flexibility index (Phi) is 5.62. The first-order chi connectivity index (χ1) is 8.31. The van der Waals surface area contributed by atoms with E-state index >= 15 is 0 Å². The summed E-state index contributed by atoms with van der Waals surface area (Å²) in [6, 6.07) is 5.76. The van der Waals surface area contributed by atoms with Gasteiger partial charge in [-0.3, -0.25) is 0 Å². The van der Waals surface area contributed by atoms with Gasteiger partial charge in [0.05, 0.1) is 16.8 Å². The van der Waals surface area contributed by atoms with Crippen molar-refractivity contribution in [3.63, 3.8) is 0 Å². The number of ether oxygens (including phenoxy) is 1. The minimum Gasteiger partial charge on any atom is -0.492 e. The van der Waals surface area contributed by atoms with Crippen LogP contribution in [0, 0.1) is 12.8 Å². The van der Waals surface area contributed by atoms with Gasteiger partial charge in [-0.15, -0.1) is 0 Å². The van der Waals surface area contributed by atoms with E-state index in [0.29, 0.717) is 18.8 Å². The van der Waals surface area contributed by atoms with Crippen molar-refractivity contribution in [3.05, 3.63) is 28.2 Å². The highest BCUT2D eigenvalue weighted by molar-refractivity contribution is 9.10. The maximum atomic E-state index is 11.0. The first-order valence-corrected chi connectivity index (χ1v) is 8.22. The summed E-state index contributed by atoms with van der Waals surface area (Å²) in [6.07, 6.45) is 0.708. The summed E-state index contributed by atoms with van der Waals surface area (Å²) >= 11 is 3.41. The smallest absolute Gasteiger partial charge is 0.209 e. The Labute approximate surface area is 117 Å². The maximum absolute atomic E-state index is 11.0. The number of halogens is 1. The van der Waals surface area contributed by atoms with Gasteiger partial charge in [-0.2, -0.15) is 0 Å². The average Bonchev–Trinajstić information content (AvgIpc) is 2.24. The van der Waals surface area contributed by atoms with Crippen LogP contribution in [-0.4, -0.2) is 20.8 Å². The molecule has 4 nitrogen and oxygen atoms in total. The fraction of sp³-hybridized carbons (Fsp3) is 0.500. The van der Waals surface area contributed by atoms with Crippen molar-refractivity contribution in [3.8, 4) is 5.75 Å². The molecule has 0 saturated carbocycles. The number of hydrogen-bond acceptors (Lipinski definition) is 3. The first-order valence-electron chi connectivity index (χ1n) is 5.71. The second-order valence-electron chi connectivity index (χ2n) is 4.35. The quantitative estimate of drug-likeness (QED) is 0.867. The third kappa shape index (κ3) is 5.37. The molecule has 18 heavy (non-hydrogen) atoms. The number of hydrogen-bond donors (Lipinski definition) is 1. The molecule has 0 saturated heterocycles. The molecule has 6 heteroatoms. The summed E-state index contributed by atoms with van der Waals surface area (Å²) in [4.78, 5) is 0. The molecule has 0 bridgehead atoms. The lowest BCUT2D eigenvalue weighted by atomic mass is 10.1. The second kappa shape index (κ2) is 6.54. The molecule has 1 atom stereocenters. The number of aryl methyl sites for hydroxylation is 1. The largest absolute Gasteiger partial charge is 0.492 e. The Balaban J connectivity index is 2.62. The minimum atomic E-state index is -3.45. The summed E-state index contributed by atoms with van der Waals surface area (Å²) in [5, 5.41) is 5.04. The number of sulfonamides is 1. The van der Waals surface area contributed by atoms with Gasteiger partial charge in [-0.05, 0) is 47.0 Å². The van der Waals surface area contributed by atoms with Crippen LogP contribution in [0.2, 0.25) is 0 Å². The Morgan fingerprint density at radius 3 is 2.61 bits per heavy atom. The number of benzene rings is 1. The van der Waals surface area contributed by atoms with Crippen LogP contribution in [0.15, 0.2) is 22.7 Å². The van der Waals surface area contributed by atoms with Gasteiger partial charge >= 0.3 is 0 Å². The van der Waals surface area contributed by atoms with Gasteiger partial charge < -0.3 is 4.74 Å². The van der Waals surface area contributed by atoms with Crippen LogP contribution in [0.3, 0.4) is 0 Å². The molecule has 0 radical (unpaired) electrons. The summed E-state index contributed by atoms with van der Waals surface area (Å²) in [5.41, 5.74) is 1.13. The zero-order chi connectivity index (χ0) is 13.8. The van der Waals surface area contributed by atoms with Crippen LogP contribution in [0.1, 0.15) is 18.9 Å². The first kappa shape index (κ1) is 15.5. The molecule has 0 aliphatic heterocycles. The molecule has 1 aromatic rings. The molecule has 102 valence electrons. The minimum absolute atomic E-state index is 0.0486. The molecule has 0 aliphatic carbocycles. The molecular weight excluding hydrogens is 318 g/mol. The summed E-state index contributed by atoms with van der Waals surface area (Å²) in [7, 11) is -3.45. The number of nitrogens with two attached hydrogens (primary N) is 1. The van der Waals surface area contributed by atoms with Gasteiger partial charge in [0, 0.05) is 5.92 Å². The van der Waals surface area contributed by atoms with Crippen molar-refractivity contribution in [2.45, 2.75) is 20.3 Å². The summed E-state index contributed by atoms with van der Waals surface area (Å²) < 4.78 is 28.6. The molecule has 0 aromatic heterocycles. The number of primary sulfonamides is 1. The van der Waals surface area contributed by atoms with E-state index in [2.05, 4.69) is 15.9 Å². The van der Waals surface area contributed by atoms with Gasteiger partial charge in [0.1, 0.15) is 5.75 Å². The van der Waals surface area contributed by atoms with Crippen LogP contribution in [-0.2, 0) is 10.0 Å². The Morgan fingerprint density at radius 2 is 2.11 bits per heavy atom. The highest BCUT2D eigenvalue weighted by Gasteiger charge is 2.15. The van der Waals surface area contributed by atoms with E-state index in [9.17, 15) is 8.42 Å². The maximum Gasteiger partial charge on any atom is 0.209 e. The molecule has 0 amide bonds. The topological polar surface area (TPSA) is 69.4 Å². The third-order valence-electron chi connectivity index (χ3n) is 2.61.